The van der Waals surface area contributed by atoms with Crippen LogP contribution in [0.2, 0.25) is 0 Å². The molecule has 12 heteroatoms. The van der Waals surface area contributed by atoms with Gasteiger partial charge in [-0.25, -0.2) is 23.2 Å². The van der Waals surface area contributed by atoms with Crippen LogP contribution in [-0.2, 0) is 0 Å². The number of halogens is 6. The second-order valence-electron chi connectivity index (χ2n) is 6.56. The minimum Gasteiger partial charge on any atom is -0.434 e. The van der Waals surface area contributed by atoms with Gasteiger partial charge in [0.1, 0.15) is 39.2 Å². The fourth-order valence-corrected chi connectivity index (χ4v) is 4.22. The van der Waals surface area contributed by atoms with Gasteiger partial charge in [-0.15, -0.1) is 0 Å². The smallest absolute Gasteiger partial charge is 0.387 e. The molecule has 1 aromatic heterocycles. The number of rotatable bonds is 5. The van der Waals surface area contributed by atoms with E-state index >= 15 is 0 Å². The van der Waals surface area contributed by atoms with Gasteiger partial charge in [-0.2, -0.15) is 18.3 Å². The van der Waals surface area contributed by atoms with Crippen LogP contribution in [0.3, 0.4) is 0 Å². The molecule has 1 aliphatic heterocycles. The summed E-state index contributed by atoms with van der Waals surface area (Å²) in [4.78, 5) is 16.6. The van der Waals surface area contributed by atoms with E-state index < -0.39 is 46.9 Å². The molecule has 0 aliphatic carbocycles. The molecule has 5 nitrogen and oxygen atoms in total. The normalized spacial score (nSPS) is 15.7. The van der Waals surface area contributed by atoms with Crippen LogP contribution < -0.4 is 4.74 Å². The van der Waals surface area contributed by atoms with Crippen LogP contribution in [0, 0.1) is 23.4 Å². The van der Waals surface area contributed by atoms with Gasteiger partial charge in [0.15, 0.2) is 0 Å². The Bertz CT molecular complexity index is 1220. The van der Waals surface area contributed by atoms with E-state index in [2.05, 4.69) is 14.8 Å². The SMILES string of the molecule is O=C(c1c(F)cc(F)cc1F)N1N=C(c2ccc(F)nc2)SC1c1ccccc1OC(F)F. The Morgan fingerprint density at radius 1 is 1.03 bits per heavy atom. The third-order valence-corrected chi connectivity index (χ3v) is 5.67. The molecule has 0 fully saturated rings. The van der Waals surface area contributed by atoms with Crippen molar-refractivity contribution < 1.29 is 35.9 Å². The molecular weight excluding hydrogens is 472 g/mol. The molecule has 4 rings (SSSR count). The lowest BCUT2D eigenvalue weighted by molar-refractivity contribution is -0.0507. The lowest BCUT2D eigenvalue weighted by Gasteiger charge is -2.23. The van der Waals surface area contributed by atoms with Crippen LogP contribution in [0.1, 0.15) is 26.9 Å². The number of benzene rings is 2. The van der Waals surface area contributed by atoms with Gasteiger partial charge >= 0.3 is 6.61 Å². The van der Waals surface area contributed by atoms with Gasteiger partial charge in [0.05, 0.1) is 0 Å². The number of hydrogen-bond donors (Lipinski definition) is 0. The third kappa shape index (κ3) is 4.65. The molecule has 0 bridgehead atoms. The summed E-state index contributed by atoms with van der Waals surface area (Å²) in [6.45, 7) is -3.18. The van der Waals surface area contributed by atoms with E-state index in [9.17, 15) is 31.1 Å². The molecule has 1 aliphatic rings. The van der Waals surface area contributed by atoms with Gasteiger partial charge in [-0.05, 0) is 18.2 Å². The van der Waals surface area contributed by atoms with Gasteiger partial charge < -0.3 is 4.74 Å². The predicted octanol–water partition coefficient (Wildman–Crippen LogP) is 5.49. The van der Waals surface area contributed by atoms with Crippen molar-refractivity contribution in [3.05, 3.63) is 94.8 Å². The molecule has 1 amide bonds. The number of carbonyl (C=O) groups excluding carboxylic acids is 1. The summed E-state index contributed by atoms with van der Waals surface area (Å²) >= 11 is 0.859. The highest BCUT2D eigenvalue weighted by Gasteiger charge is 2.38. The lowest BCUT2D eigenvalue weighted by atomic mass is 10.1. The molecule has 0 spiro atoms. The number of hydrazone groups is 1. The molecule has 170 valence electrons. The highest BCUT2D eigenvalue weighted by Crippen LogP contribution is 2.45. The molecule has 3 aromatic rings. The van der Waals surface area contributed by atoms with Crippen molar-refractivity contribution in [3.63, 3.8) is 0 Å². The first-order chi connectivity index (χ1) is 15.7. The van der Waals surface area contributed by atoms with Gasteiger partial charge in [0.2, 0.25) is 5.95 Å². The Morgan fingerprint density at radius 2 is 1.73 bits per heavy atom. The van der Waals surface area contributed by atoms with Crippen LogP contribution in [0.15, 0.2) is 59.8 Å². The van der Waals surface area contributed by atoms with Crippen molar-refractivity contribution in [2.24, 2.45) is 5.10 Å². The number of aromatic nitrogens is 1. The summed E-state index contributed by atoms with van der Waals surface area (Å²) in [6, 6.07) is 8.49. The number of carbonyl (C=O) groups is 1. The Labute approximate surface area is 186 Å². The number of pyridine rings is 1. The van der Waals surface area contributed by atoms with Crippen LogP contribution in [-0.4, -0.2) is 27.6 Å². The Kier molecular flexibility index (Phi) is 6.27. The van der Waals surface area contributed by atoms with Crippen LogP contribution >= 0.6 is 11.8 Å². The fourth-order valence-electron chi connectivity index (χ4n) is 3.05. The van der Waals surface area contributed by atoms with Gasteiger partial charge in [-0.1, -0.05) is 30.0 Å². The third-order valence-electron chi connectivity index (χ3n) is 4.45. The first kappa shape index (κ1) is 22.6. The number of ether oxygens (including phenoxy) is 1. The van der Waals surface area contributed by atoms with Crippen molar-refractivity contribution >= 4 is 22.7 Å². The molecular formula is C21H11F6N3O2S. The maximum atomic E-state index is 14.3. The highest BCUT2D eigenvalue weighted by atomic mass is 32.2. The predicted molar refractivity (Wildman–Crippen MR) is 107 cm³/mol. The zero-order chi connectivity index (χ0) is 23.7. The summed E-state index contributed by atoms with van der Waals surface area (Å²) < 4.78 is 85.5. The van der Waals surface area contributed by atoms with Gasteiger partial charge in [0.25, 0.3) is 5.91 Å². The largest absolute Gasteiger partial charge is 0.434 e. The first-order valence-electron chi connectivity index (χ1n) is 9.13. The van der Waals surface area contributed by atoms with Gasteiger partial charge in [0, 0.05) is 29.5 Å². The summed E-state index contributed by atoms with van der Waals surface area (Å²) in [6.07, 6.45) is 1.12. The average Bonchev–Trinajstić information content (AvgIpc) is 3.18. The van der Waals surface area contributed by atoms with Gasteiger partial charge in [-0.3, -0.25) is 4.79 Å². The molecule has 0 radical (unpaired) electrons. The fraction of sp³-hybridized carbons (Fsp3) is 0.0952. The second-order valence-corrected chi connectivity index (χ2v) is 7.62. The van der Waals surface area contributed by atoms with Crippen molar-refractivity contribution in [2.45, 2.75) is 12.0 Å². The Hall–Kier alpha value is -3.54. The molecule has 0 saturated carbocycles. The molecule has 0 N–H and O–H groups in total. The standard InChI is InChI=1S/C21H11F6N3O2S/c22-11-7-13(23)17(14(24)8-11)19(31)30-20(12-3-1-2-4-15(12)32-21(26)27)33-18(29-30)10-5-6-16(25)28-9-10/h1-9,20-21H. The maximum Gasteiger partial charge on any atom is 0.387 e. The van der Waals surface area contributed by atoms with E-state index in [4.69, 9.17) is 0 Å². The summed E-state index contributed by atoms with van der Waals surface area (Å²) in [7, 11) is 0. The van der Waals surface area contributed by atoms with E-state index in [1.165, 1.54) is 30.3 Å². The Balaban J connectivity index is 1.81. The Morgan fingerprint density at radius 3 is 2.36 bits per heavy atom. The summed E-state index contributed by atoms with van der Waals surface area (Å²) in [5.74, 6) is -6.53. The molecule has 2 heterocycles. The number of nitrogens with zero attached hydrogens (tertiary/aromatic N) is 3. The van der Waals surface area contributed by atoms with Crippen LogP contribution in [0.25, 0.3) is 0 Å². The number of hydrogen-bond acceptors (Lipinski definition) is 5. The minimum atomic E-state index is -3.18. The number of alkyl halides is 2. The first-order valence-corrected chi connectivity index (χ1v) is 10.0. The number of thioether (sulfide) groups is 1. The molecule has 33 heavy (non-hydrogen) atoms. The van der Waals surface area contributed by atoms with Crippen LogP contribution in [0.4, 0.5) is 26.3 Å². The molecule has 2 aromatic carbocycles. The van der Waals surface area contributed by atoms with Crippen molar-refractivity contribution in [1.29, 1.82) is 0 Å². The molecule has 1 atom stereocenters. The number of para-hydroxylation sites is 1. The van der Waals surface area contributed by atoms with E-state index in [1.54, 1.807) is 0 Å². The maximum absolute atomic E-state index is 14.3. The monoisotopic (exact) mass is 483 g/mol. The topological polar surface area (TPSA) is 54.8 Å². The van der Waals surface area contributed by atoms with Crippen molar-refractivity contribution in [1.82, 2.24) is 9.99 Å². The van der Waals surface area contributed by atoms with E-state index in [0.29, 0.717) is 17.1 Å². The molecule has 0 saturated heterocycles. The second kappa shape index (κ2) is 9.14. The number of amides is 1. The summed E-state index contributed by atoms with van der Waals surface area (Å²) in [5, 5.41) is 3.64. The van der Waals surface area contributed by atoms with E-state index in [-0.39, 0.29) is 21.9 Å². The zero-order valence-electron chi connectivity index (χ0n) is 16.2. The van der Waals surface area contributed by atoms with Crippen molar-refractivity contribution in [3.8, 4) is 5.75 Å². The van der Waals surface area contributed by atoms with Crippen LogP contribution in [0.5, 0.6) is 5.75 Å². The molecule has 1 unspecified atom stereocenters. The highest BCUT2D eigenvalue weighted by molar-refractivity contribution is 8.14. The van der Waals surface area contributed by atoms with E-state index in [0.717, 1.165) is 24.0 Å². The van der Waals surface area contributed by atoms with E-state index in [1.807, 2.05) is 0 Å². The van der Waals surface area contributed by atoms with Crippen molar-refractivity contribution in [2.75, 3.05) is 0 Å². The summed E-state index contributed by atoms with van der Waals surface area (Å²) in [5.41, 5.74) is -0.779. The quantitative estimate of drug-likeness (QED) is 0.356. The minimum absolute atomic E-state index is 0.0490. The zero-order valence-corrected chi connectivity index (χ0v) is 17.0. The average molecular weight is 483 g/mol. The lowest BCUT2D eigenvalue weighted by Crippen LogP contribution is -2.28.